The molecule has 0 amide bonds. The molecule has 1 rings (SSSR count). The minimum atomic E-state index is 0.293. The summed E-state index contributed by atoms with van der Waals surface area (Å²) in [7, 11) is 0. The predicted molar refractivity (Wildman–Crippen MR) is 64.3 cm³/mol. The van der Waals surface area contributed by atoms with Gasteiger partial charge in [0.2, 0.25) is 0 Å². The predicted octanol–water partition coefficient (Wildman–Crippen LogP) is 4.01. The minimum absolute atomic E-state index is 0.293. The second-order valence-electron chi connectivity index (χ2n) is 4.17. The van der Waals surface area contributed by atoms with Crippen molar-refractivity contribution in [3.05, 3.63) is 35.9 Å². The van der Waals surface area contributed by atoms with Crippen molar-refractivity contribution in [3.8, 4) is 12.3 Å². The van der Waals surface area contributed by atoms with E-state index < -0.39 is 0 Å². The lowest BCUT2D eigenvalue weighted by Crippen LogP contribution is -2.10. The molecule has 0 nitrogen and oxygen atoms in total. The molecule has 0 N–H and O–H groups in total. The summed E-state index contributed by atoms with van der Waals surface area (Å²) < 4.78 is 0. The van der Waals surface area contributed by atoms with Gasteiger partial charge in [-0.15, -0.1) is 12.3 Å². The molecule has 1 aromatic carbocycles. The average molecular weight is 188 g/mol. The van der Waals surface area contributed by atoms with E-state index in [2.05, 4.69) is 57.0 Å². The van der Waals surface area contributed by atoms with E-state index in [1.165, 1.54) is 5.56 Å². The Kier molecular flexibility index (Phi) is 5.72. The van der Waals surface area contributed by atoms with E-state index in [1.54, 1.807) is 0 Å². The molecule has 14 heavy (non-hydrogen) atoms. The Bertz CT molecular complexity index is 269. The lowest BCUT2D eigenvalue weighted by atomic mass is 9.87. The molecule has 1 aromatic rings. The molecule has 0 aliphatic heterocycles. The first-order valence-corrected chi connectivity index (χ1v) is 5.01. The lowest BCUT2D eigenvalue weighted by molar-refractivity contribution is 0.590. The van der Waals surface area contributed by atoms with E-state index in [0.29, 0.717) is 5.41 Å². The highest BCUT2D eigenvalue weighted by atomic mass is 14.2. The quantitative estimate of drug-likeness (QED) is 0.539. The van der Waals surface area contributed by atoms with Crippen molar-refractivity contribution in [1.29, 1.82) is 0 Å². The van der Waals surface area contributed by atoms with E-state index in [1.807, 2.05) is 6.92 Å². The second-order valence-corrected chi connectivity index (χ2v) is 4.17. The molecular formula is C14H20. The van der Waals surface area contributed by atoms with Crippen LogP contribution in [0.4, 0.5) is 0 Å². The van der Waals surface area contributed by atoms with Gasteiger partial charge in [-0.2, -0.15) is 0 Å². The molecule has 0 unspecified atom stereocenters. The summed E-state index contributed by atoms with van der Waals surface area (Å²) in [4.78, 5) is 0. The van der Waals surface area contributed by atoms with Gasteiger partial charge in [-0.25, -0.2) is 0 Å². The van der Waals surface area contributed by atoms with Crippen molar-refractivity contribution >= 4 is 0 Å². The number of rotatable bonds is 0. The molecule has 76 valence electrons. The fourth-order valence-corrected chi connectivity index (χ4v) is 0.938. The molecule has 0 heteroatoms. The molecule has 0 saturated heterocycles. The average Bonchev–Trinajstić information content (AvgIpc) is 2.18. The van der Waals surface area contributed by atoms with Crippen LogP contribution in [-0.2, 0) is 5.41 Å². The van der Waals surface area contributed by atoms with Gasteiger partial charge in [0.25, 0.3) is 0 Å². The minimum Gasteiger partial charge on any atom is -0.120 e. The topological polar surface area (TPSA) is 0 Å². The molecule has 0 aromatic heterocycles. The monoisotopic (exact) mass is 188 g/mol. The van der Waals surface area contributed by atoms with Crippen molar-refractivity contribution in [2.75, 3.05) is 0 Å². The molecule has 0 aliphatic carbocycles. The fourth-order valence-electron chi connectivity index (χ4n) is 0.938. The molecular weight excluding hydrogens is 168 g/mol. The standard InChI is InChI=1S/C10H14.C4H6/c1-10(2,3)9-7-5-4-6-8-9;1-3-4-2/h4-8H,1-3H3;1H,4H2,2H3. The Balaban J connectivity index is 0.000000364. The van der Waals surface area contributed by atoms with Crippen LogP contribution < -0.4 is 0 Å². The summed E-state index contributed by atoms with van der Waals surface area (Å²) in [6, 6.07) is 10.6. The second kappa shape index (κ2) is 6.27. The smallest absolute Gasteiger partial charge is 0.00576 e. The Hall–Kier alpha value is -1.22. The molecule has 0 aliphatic rings. The lowest BCUT2D eigenvalue weighted by Gasteiger charge is -2.18. The van der Waals surface area contributed by atoms with Gasteiger partial charge in [0.05, 0.1) is 0 Å². The Morgan fingerprint density at radius 2 is 1.57 bits per heavy atom. The van der Waals surface area contributed by atoms with Crippen LogP contribution in [0.15, 0.2) is 30.3 Å². The summed E-state index contributed by atoms with van der Waals surface area (Å²) in [6.45, 7) is 8.62. The van der Waals surface area contributed by atoms with Crippen LogP contribution in [0.3, 0.4) is 0 Å². The number of hydrogen-bond acceptors (Lipinski definition) is 0. The molecule has 0 fully saturated rings. The largest absolute Gasteiger partial charge is 0.120 e. The van der Waals surface area contributed by atoms with Crippen LogP contribution in [-0.4, -0.2) is 0 Å². The van der Waals surface area contributed by atoms with Crippen molar-refractivity contribution in [3.63, 3.8) is 0 Å². The molecule has 0 saturated carbocycles. The maximum Gasteiger partial charge on any atom is 0.00576 e. The van der Waals surface area contributed by atoms with Crippen molar-refractivity contribution in [1.82, 2.24) is 0 Å². The van der Waals surface area contributed by atoms with Crippen LogP contribution in [0.2, 0.25) is 0 Å². The highest BCUT2D eigenvalue weighted by molar-refractivity contribution is 5.21. The van der Waals surface area contributed by atoms with E-state index in [4.69, 9.17) is 6.42 Å². The number of benzene rings is 1. The zero-order chi connectivity index (χ0) is 11.0. The normalized spacial score (nSPS) is 9.64. The van der Waals surface area contributed by atoms with Crippen LogP contribution in [0.25, 0.3) is 0 Å². The third kappa shape index (κ3) is 5.43. The van der Waals surface area contributed by atoms with Crippen LogP contribution in [0.1, 0.15) is 39.7 Å². The van der Waals surface area contributed by atoms with E-state index >= 15 is 0 Å². The third-order valence-corrected chi connectivity index (χ3v) is 1.84. The van der Waals surface area contributed by atoms with Crippen LogP contribution in [0, 0.1) is 12.3 Å². The van der Waals surface area contributed by atoms with Gasteiger partial charge < -0.3 is 0 Å². The number of terminal acetylenes is 1. The van der Waals surface area contributed by atoms with E-state index in [9.17, 15) is 0 Å². The molecule has 0 heterocycles. The maximum atomic E-state index is 4.78. The van der Waals surface area contributed by atoms with Gasteiger partial charge in [-0.3, -0.25) is 0 Å². The highest BCUT2D eigenvalue weighted by Crippen LogP contribution is 2.20. The maximum absolute atomic E-state index is 4.78. The first-order valence-electron chi connectivity index (χ1n) is 5.01. The zero-order valence-electron chi connectivity index (χ0n) is 9.67. The Morgan fingerprint density at radius 1 is 1.14 bits per heavy atom. The van der Waals surface area contributed by atoms with Crippen molar-refractivity contribution in [2.45, 2.75) is 39.5 Å². The Morgan fingerprint density at radius 3 is 1.79 bits per heavy atom. The third-order valence-electron chi connectivity index (χ3n) is 1.84. The summed E-state index contributed by atoms with van der Waals surface area (Å²) in [6.07, 6.45) is 5.62. The zero-order valence-corrected chi connectivity index (χ0v) is 9.67. The number of hydrogen-bond donors (Lipinski definition) is 0. The van der Waals surface area contributed by atoms with E-state index in [0.717, 1.165) is 6.42 Å². The van der Waals surface area contributed by atoms with Crippen LogP contribution in [0.5, 0.6) is 0 Å². The summed E-state index contributed by atoms with van der Waals surface area (Å²) in [5, 5.41) is 0. The van der Waals surface area contributed by atoms with Crippen molar-refractivity contribution in [2.24, 2.45) is 0 Å². The SMILES string of the molecule is C#CCC.CC(C)(C)c1ccccc1. The summed E-state index contributed by atoms with van der Waals surface area (Å²) in [5.74, 6) is 2.43. The first-order chi connectivity index (χ1) is 6.52. The van der Waals surface area contributed by atoms with Gasteiger partial charge in [-0.05, 0) is 11.0 Å². The molecule has 0 spiro atoms. The molecule has 0 radical (unpaired) electrons. The van der Waals surface area contributed by atoms with Gasteiger partial charge in [0, 0.05) is 6.42 Å². The van der Waals surface area contributed by atoms with E-state index in [-0.39, 0.29) is 0 Å². The van der Waals surface area contributed by atoms with Gasteiger partial charge in [0.15, 0.2) is 0 Å². The highest BCUT2D eigenvalue weighted by Gasteiger charge is 2.11. The molecule has 0 atom stereocenters. The van der Waals surface area contributed by atoms with Gasteiger partial charge in [-0.1, -0.05) is 58.0 Å². The van der Waals surface area contributed by atoms with Gasteiger partial charge >= 0.3 is 0 Å². The summed E-state index contributed by atoms with van der Waals surface area (Å²) >= 11 is 0. The Labute approximate surface area is 88.4 Å². The van der Waals surface area contributed by atoms with Gasteiger partial charge in [0.1, 0.15) is 0 Å². The van der Waals surface area contributed by atoms with Crippen LogP contribution >= 0.6 is 0 Å². The summed E-state index contributed by atoms with van der Waals surface area (Å²) in [5.41, 5.74) is 1.69. The fraction of sp³-hybridized carbons (Fsp3) is 0.429. The molecule has 0 bridgehead atoms. The first kappa shape index (κ1) is 12.8. The van der Waals surface area contributed by atoms with Crippen molar-refractivity contribution < 1.29 is 0 Å².